The number of amides is 1. The van der Waals surface area contributed by atoms with E-state index in [-0.39, 0.29) is 22.5 Å². The van der Waals surface area contributed by atoms with Crippen LogP contribution in [-0.2, 0) is 0 Å². The fraction of sp³-hybridized carbons (Fsp3) is 0.0667. The molecule has 2 aromatic rings. The number of carbonyl (C=O) groups excluding carboxylic acids is 2. The Bertz CT molecular complexity index is 793. The number of nitro benzene ring substituents is 1. The fourth-order valence-electron chi connectivity index (χ4n) is 1.96. The minimum Gasteiger partial charge on any atom is -0.309 e. The number of nitro groups is 1. The molecule has 8 heteroatoms. The van der Waals surface area contributed by atoms with E-state index in [0.717, 1.165) is 4.90 Å². The van der Waals surface area contributed by atoms with Crippen molar-refractivity contribution in [2.45, 2.75) is 0 Å². The van der Waals surface area contributed by atoms with E-state index in [1.54, 1.807) is 0 Å². The van der Waals surface area contributed by atoms with Crippen molar-refractivity contribution in [3.63, 3.8) is 0 Å². The third kappa shape index (κ3) is 3.35. The molecule has 0 radical (unpaired) electrons. The van der Waals surface area contributed by atoms with Gasteiger partial charge in [-0.15, -0.1) is 0 Å². The minimum absolute atomic E-state index is 0.125. The van der Waals surface area contributed by atoms with Gasteiger partial charge in [0.05, 0.1) is 16.2 Å². The lowest BCUT2D eigenvalue weighted by Crippen LogP contribution is -2.27. The van der Waals surface area contributed by atoms with Crippen molar-refractivity contribution < 1.29 is 18.9 Å². The molecule has 118 valence electrons. The second kappa shape index (κ2) is 6.53. The van der Waals surface area contributed by atoms with Crippen LogP contribution in [0.15, 0.2) is 42.5 Å². The van der Waals surface area contributed by atoms with Crippen molar-refractivity contribution in [1.29, 1.82) is 0 Å². The Labute approximate surface area is 135 Å². The van der Waals surface area contributed by atoms with Crippen LogP contribution in [0, 0.1) is 15.9 Å². The first-order chi connectivity index (χ1) is 10.8. The predicted molar refractivity (Wildman–Crippen MR) is 82.4 cm³/mol. The van der Waals surface area contributed by atoms with E-state index >= 15 is 0 Å². The molecule has 0 unspecified atom stereocenters. The first-order valence-electron chi connectivity index (χ1n) is 6.33. The van der Waals surface area contributed by atoms with Gasteiger partial charge in [-0.1, -0.05) is 6.07 Å². The number of non-ortho nitro benzene ring substituents is 1. The average molecular weight is 337 g/mol. The molecule has 0 heterocycles. The summed E-state index contributed by atoms with van der Waals surface area (Å²) in [6.07, 6.45) is 0. The van der Waals surface area contributed by atoms with Crippen molar-refractivity contribution in [2.75, 3.05) is 11.9 Å². The number of nitrogens with zero attached hydrogens (tertiary/aromatic N) is 2. The van der Waals surface area contributed by atoms with Crippen molar-refractivity contribution >= 4 is 34.1 Å². The van der Waals surface area contributed by atoms with E-state index in [2.05, 4.69) is 0 Å². The number of carbonyl (C=O) groups is 2. The smallest absolute Gasteiger partial charge is 0.269 e. The van der Waals surface area contributed by atoms with Gasteiger partial charge >= 0.3 is 0 Å². The van der Waals surface area contributed by atoms with Gasteiger partial charge in [0.25, 0.3) is 16.8 Å². The summed E-state index contributed by atoms with van der Waals surface area (Å²) in [4.78, 5) is 34.5. The standard InChI is InChI=1S/C15H10ClFN2O4/c1-18(12-4-2-3-11(13(12)17)14(16)20)15(21)9-5-7-10(8-6-9)19(22)23/h2-8H,1H3. The predicted octanol–water partition coefficient (Wildman–Crippen LogP) is 3.39. The molecule has 0 saturated heterocycles. The van der Waals surface area contributed by atoms with E-state index in [1.165, 1.54) is 49.5 Å². The topological polar surface area (TPSA) is 80.5 Å². The van der Waals surface area contributed by atoms with E-state index < -0.39 is 21.9 Å². The zero-order valence-electron chi connectivity index (χ0n) is 11.8. The van der Waals surface area contributed by atoms with Gasteiger partial charge in [0.15, 0.2) is 5.82 Å². The Morgan fingerprint density at radius 3 is 2.30 bits per heavy atom. The molecule has 0 bridgehead atoms. The highest BCUT2D eigenvalue weighted by Gasteiger charge is 2.21. The third-order valence-corrected chi connectivity index (χ3v) is 3.38. The lowest BCUT2D eigenvalue weighted by atomic mass is 10.1. The molecule has 0 aliphatic rings. The quantitative estimate of drug-likeness (QED) is 0.487. The van der Waals surface area contributed by atoms with Crippen LogP contribution in [-0.4, -0.2) is 23.1 Å². The third-order valence-electron chi connectivity index (χ3n) is 3.18. The molecule has 0 fully saturated rings. The lowest BCUT2D eigenvalue weighted by molar-refractivity contribution is -0.384. The molecule has 0 atom stereocenters. The monoisotopic (exact) mass is 336 g/mol. The van der Waals surface area contributed by atoms with Crippen molar-refractivity contribution in [3.05, 3.63) is 69.5 Å². The number of halogens is 2. The van der Waals surface area contributed by atoms with E-state index in [0.29, 0.717) is 0 Å². The van der Waals surface area contributed by atoms with Crippen LogP contribution >= 0.6 is 11.6 Å². The Morgan fingerprint density at radius 2 is 1.78 bits per heavy atom. The molecule has 23 heavy (non-hydrogen) atoms. The summed E-state index contributed by atoms with van der Waals surface area (Å²) in [6, 6.07) is 8.82. The summed E-state index contributed by atoms with van der Waals surface area (Å²) in [5, 5.41) is 9.63. The Hall–Kier alpha value is -2.80. The average Bonchev–Trinajstić information content (AvgIpc) is 2.53. The summed E-state index contributed by atoms with van der Waals surface area (Å²) < 4.78 is 14.2. The summed E-state index contributed by atoms with van der Waals surface area (Å²) in [5.74, 6) is -1.50. The molecule has 0 aromatic heterocycles. The van der Waals surface area contributed by atoms with Crippen molar-refractivity contribution in [2.24, 2.45) is 0 Å². The number of hydrogen-bond donors (Lipinski definition) is 0. The first kappa shape index (κ1) is 16.6. The number of hydrogen-bond acceptors (Lipinski definition) is 4. The minimum atomic E-state index is -0.972. The second-order valence-electron chi connectivity index (χ2n) is 4.58. The zero-order chi connectivity index (χ0) is 17.1. The molecule has 6 nitrogen and oxygen atoms in total. The van der Waals surface area contributed by atoms with Crippen LogP contribution in [0.1, 0.15) is 20.7 Å². The molecular weight excluding hydrogens is 327 g/mol. The van der Waals surface area contributed by atoms with Gasteiger partial charge in [-0.3, -0.25) is 19.7 Å². The molecule has 0 aliphatic heterocycles. The molecule has 0 N–H and O–H groups in total. The van der Waals surface area contributed by atoms with E-state index in [9.17, 15) is 24.1 Å². The molecule has 0 spiro atoms. The Kier molecular flexibility index (Phi) is 4.71. The van der Waals surface area contributed by atoms with Crippen molar-refractivity contribution in [1.82, 2.24) is 0 Å². The molecular formula is C15H10ClFN2O4. The van der Waals surface area contributed by atoms with Gasteiger partial charge < -0.3 is 4.90 Å². The Balaban J connectivity index is 2.35. The van der Waals surface area contributed by atoms with Gasteiger partial charge in [0.1, 0.15) is 0 Å². The molecule has 0 aliphatic carbocycles. The maximum atomic E-state index is 14.2. The van der Waals surface area contributed by atoms with Crippen LogP contribution in [0.2, 0.25) is 0 Å². The summed E-state index contributed by atoms with van der Waals surface area (Å²) >= 11 is 5.28. The first-order valence-corrected chi connectivity index (χ1v) is 6.71. The largest absolute Gasteiger partial charge is 0.309 e. The molecule has 0 saturated carbocycles. The van der Waals surface area contributed by atoms with E-state index in [4.69, 9.17) is 11.6 Å². The highest BCUT2D eigenvalue weighted by molar-refractivity contribution is 6.67. The van der Waals surface area contributed by atoms with Crippen LogP contribution in [0.4, 0.5) is 15.8 Å². The van der Waals surface area contributed by atoms with Crippen LogP contribution in [0.3, 0.4) is 0 Å². The van der Waals surface area contributed by atoms with Gasteiger partial charge in [-0.05, 0) is 35.9 Å². The zero-order valence-corrected chi connectivity index (χ0v) is 12.6. The van der Waals surface area contributed by atoms with Gasteiger partial charge in [-0.25, -0.2) is 4.39 Å². The van der Waals surface area contributed by atoms with Gasteiger partial charge in [0, 0.05) is 24.7 Å². The van der Waals surface area contributed by atoms with Crippen molar-refractivity contribution in [3.8, 4) is 0 Å². The summed E-state index contributed by atoms with van der Waals surface area (Å²) in [7, 11) is 1.32. The van der Waals surface area contributed by atoms with Crippen LogP contribution in [0.5, 0.6) is 0 Å². The highest BCUT2D eigenvalue weighted by atomic mass is 35.5. The van der Waals surface area contributed by atoms with Gasteiger partial charge in [0.2, 0.25) is 0 Å². The molecule has 2 aromatic carbocycles. The maximum absolute atomic E-state index is 14.2. The molecule has 1 amide bonds. The molecule has 2 rings (SSSR count). The van der Waals surface area contributed by atoms with Gasteiger partial charge in [-0.2, -0.15) is 0 Å². The highest BCUT2D eigenvalue weighted by Crippen LogP contribution is 2.24. The lowest BCUT2D eigenvalue weighted by Gasteiger charge is -2.18. The number of rotatable bonds is 4. The fourth-order valence-corrected chi connectivity index (χ4v) is 2.11. The summed E-state index contributed by atoms with van der Waals surface area (Å²) in [5.41, 5.74) is -0.488. The normalized spacial score (nSPS) is 10.2. The van der Waals surface area contributed by atoms with Crippen LogP contribution in [0.25, 0.3) is 0 Å². The second-order valence-corrected chi connectivity index (χ2v) is 4.92. The van der Waals surface area contributed by atoms with Crippen LogP contribution < -0.4 is 4.90 Å². The Morgan fingerprint density at radius 1 is 1.17 bits per heavy atom. The number of benzene rings is 2. The SMILES string of the molecule is CN(C(=O)c1ccc([N+](=O)[O-])cc1)c1cccc(C(=O)Cl)c1F. The summed E-state index contributed by atoms with van der Waals surface area (Å²) in [6.45, 7) is 0. The maximum Gasteiger partial charge on any atom is 0.269 e. The number of anilines is 1. The van der Waals surface area contributed by atoms with E-state index in [1.807, 2.05) is 0 Å².